The van der Waals surface area contributed by atoms with Gasteiger partial charge in [0.1, 0.15) is 11.7 Å². The van der Waals surface area contributed by atoms with Crippen molar-refractivity contribution in [1.29, 1.82) is 0 Å². The lowest BCUT2D eigenvalue weighted by Gasteiger charge is -2.34. The highest BCUT2D eigenvalue weighted by molar-refractivity contribution is 6.00. The standard InChI is InChI=1S/C26H28N6O3/c27-24(33)22-9-5-13-31(22)25(34)18-10-14-30(15-11-18)26(35)21-17-32(20-7-2-1-3-8-20)29-23(21)19-6-4-12-28-16-19/h1-4,6-8,12,16-18,22H,5,9-11,13-15H2,(H2,27,33)/t22-/m0/s1. The number of hydrogen-bond acceptors (Lipinski definition) is 5. The number of likely N-dealkylation sites (tertiary alicyclic amines) is 2. The predicted octanol–water partition coefficient (Wildman–Crippen LogP) is 2.26. The Bertz CT molecular complexity index is 1220. The Kier molecular flexibility index (Phi) is 6.31. The van der Waals surface area contributed by atoms with Crippen molar-refractivity contribution in [2.75, 3.05) is 19.6 Å². The van der Waals surface area contributed by atoms with Crippen molar-refractivity contribution in [2.24, 2.45) is 11.7 Å². The molecular formula is C26H28N6O3. The van der Waals surface area contributed by atoms with E-state index in [9.17, 15) is 14.4 Å². The summed E-state index contributed by atoms with van der Waals surface area (Å²) >= 11 is 0. The molecule has 3 amide bonds. The maximum atomic E-state index is 13.6. The molecule has 0 spiro atoms. The number of primary amides is 1. The van der Waals surface area contributed by atoms with E-state index in [1.54, 1.807) is 33.1 Å². The summed E-state index contributed by atoms with van der Waals surface area (Å²) in [5, 5.41) is 4.71. The third-order valence-electron chi connectivity index (χ3n) is 6.90. The van der Waals surface area contributed by atoms with Gasteiger partial charge in [-0.15, -0.1) is 0 Å². The fraction of sp³-hybridized carbons (Fsp3) is 0.346. The van der Waals surface area contributed by atoms with Gasteiger partial charge in [-0.2, -0.15) is 5.10 Å². The number of para-hydroxylation sites is 1. The molecular weight excluding hydrogens is 444 g/mol. The fourth-order valence-corrected chi connectivity index (χ4v) is 5.02. The number of amides is 3. The molecule has 35 heavy (non-hydrogen) atoms. The van der Waals surface area contributed by atoms with E-state index in [0.29, 0.717) is 50.2 Å². The van der Waals surface area contributed by atoms with E-state index >= 15 is 0 Å². The summed E-state index contributed by atoms with van der Waals surface area (Å²) in [6, 6.07) is 12.8. The van der Waals surface area contributed by atoms with Crippen LogP contribution in [0.3, 0.4) is 0 Å². The first-order valence-corrected chi connectivity index (χ1v) is 12.0. The third kappa shape index (κ3) is 4.53. The van der Waals surface area contributed by atoms with Crippen molar-refractivity contribution in [3.05, 3.63) is 66.6 Å². The SMILES string of the molecule is NC(=O)[C@@H]1CCCN1C(=O)C1CCN(C(=O)c2cn(-c3ccccc3)nc2-c2cccnc2)CC1. The molecule has 2 aliphatic rings. The van der Waals surface area contributed by atoms with Crippen LogP contribution in [0.15, 0.2) is 61.1 Å². The molecule has 2 aromatic heterocycles. The molecule has 0 aliphatic carbocycles. The number of pyridine rings is 1. The van der Waals surface area contributed by atoms with E-state index in [-0.39, 0.29) is 17.7 Å². The van der Waals surface area contributed by atoms with Crippen molar-refractivity contribution in [3.8, 4) is 16.9 Å². The van der Waals surface area contributed by atoms with Crippen LogP contribution in [0.4, 0.5) is 0 Å². The van der Waals surface area contributed by atoms with Crippen molar-refractivity contribution >= 4 is 17.7 Å². The molecule has 5 rings (SSSR count). The van der Waals surface area contributed by atoms with E-state index in [4.69, 9.17) is 10.8 Å². The van der Waals surface area contributed by atoms with Crippen LogP contribution in [0.5, 0.6) is 0 Å². The number of aromatic nitrogens is 3. The molecule has 2 N–H and O–H groups in total. The van der Waals surface area contributed by atoms with Crippen LogP contribution in [0.25, 0.3) is 16.9 Å². The molecule has 9 heteroatoms. The second kappa shape index (κ2) is 9.69. The second-order valence-electron chi connectivity index (χ2n) is 9.07. The van der Waals surface area contributed by atoms with Crippen LogP contribution in [-0.4, -0.2) is 68.0 Å². The molecule has 180 valence electrons. The summed E-state index contributed by atoms with van der Waals surface area (Å²) in [7, 11) is 0. The monoisotopic (exact) mass is 472 g/mol. The Morgan fingerprint density at radius 1 is 0.943 bits per heavy atom. The van der Waals surface area contributed by atoms with E-state index in [0.717, 1.165) is 17.7 Å². The number of rotatable bonds is 5. The Hall–Kier alpha value is -4.01. The van der Waals surface area contributed by atoms with Gasteiger partial charge in [-0.1, -0.05) is 18.2 Å². The van der Waals surface area contributed by atoms with Crippen molar-refractivity contribution in [3.63, 3.8) is 0 Å². The Morgan fingerprint density at radius 3 is 2.40 bits per heavy atom. The Morgan fingerprint density at radius 2 is 1.71 bits per heavy atom. The normalized spacial score (nSPS) is 18.6. The van der Waals surface area contributed by atoms with E-state index < -0.39 is 11.9 Å². The van der Waals surface area contributed by atoms with Crippen molar-refractivity contribution in [2.45, 2.75) is 31.7 Å². The summed E-state index contributed by atoms with van der Waals surface area (Å²) < 4.78 is 1.71. The zero-order valence-corrected chi connectivity index (χ0v) is 19.4. The maximum absolute atomic E-state index is 13.6. The molecule has 3 aromatic rings. The molecule has 1 atom stereocenters. The van der Waals surface area contributed by atoms with Gasteiger partial charge in [0.05, 0.1) is 11.3 Å². The molecule has 2 fully saturated rings. The topological polar surface area (TPSA) is 114 Å². The summed E-state index contributed by atoms with van der Waals surface area (Å²) in [5.74, 6) is -0.787. The number of nitrogens with two attached hydrogens (primary N) is 1. The molecule has 1 aromatic carbocycles. The lowest BCUT2D eigenvalue weighted by atomic mass is 9.94. The molecule has 9 nitrogen and oxygen atoms in total. The van der Waals surface area contributed by atoms with Gasteiger partial charge >= 0.3 is 0 Å². The Labute approximate surface area is 203 Å². The minimum atomic E-state index is -0.506. The smallest absolute Gasteiger partial charge is 0.257 e. The number of nitrogens with zero attached hydrogens (tertiary/aromatic N) is 5. The molecule has 2 aliphatic heterocycles. The molecule has 0 saturated carbocycles. The minimum Gasteiger partial charge on any atom is -0.368 e. The predicted molar refractivity (Wildman–Crippen MR) is 129 cm³/mol. The van der Waals surface area contributed by atoms with Gasteiger partial charge < -0.3 is 15.5 Å². The summed E-state index contributed by atoms with van der Waals surface area (Å²) in [6.45, 7) is 1.50. The number of hydrogen-bond donors (Lipinski definition) is 1. The number of carbonyl (C=O) groups is 3. The van der Waals surface area contributed by atoms with Gasteiger partial charge in [0.15, 0.2) is 0 Å². The van der Waals surface area contributed by atoms with Gasteiger partial charge in [0, 0.05) is 49.7 Å². The Balaban J connectivity index is 1.34. The van der Waals surface area contributed by atoms with Crippen LogP contribution < -0.4 is 5.73 Å². The van der Waals surface area contributed by atoms with Gasteiger partial charge in [-0.05, 0) is 49.9 Å². The molecule has 0 bridgehead atoms. The van der Waals surface area contributed by atoms with Gasteiger partial charge in [0.25, 0.3) is 5.91 Å². The summed E-state index contributed by atoms with van der Waals surface area (Å²) in [6.07, 6.45) is 7.68. The molecule has 4 heterocycles. The van der Waals surface area contributed by atoms with Crippen LogP contribution in [0.1, 0.15) is 36.0 Å². The zero-order valence-electron chi connectivity index (χ0n) is 19.4. The average Bonchev–Trinajstić information content (AvgIpc) is 3.57. The minimum absolute atomic E-state index is 0.0219. The van der Waals surface area contributed by atoms with E-state index in [1.165, 1.54) is 0 Å². The maximum Gasteiger partial charge on any atom is 0.257 e. The zero-order chi connectivity index (χ0) is 24.4. The van der Waals surface area contributed by atoms with Crippen LogP contribution in [0, 0.1) is 5.92 Å². The molecule has 0 radical (unpaired) electrons. The quantitative estimate of drug-likeness (QED) is 0.612. The van der Waals surface area contributed by atoms with Gasteiger partial charge in [-0.25, -0.2) is 4.68 Å². The van der Waals surface area contributed by atoms with Crippen LogP contribution in [-0.2, 0) is 9.59 Å². The highest BCUT2D eigenvalue weighted by atomic mass is 16.2. The van der Waals surface area contributed by atoms with E-state index in [2.05, 4.69) is 4.98 Å². The third-order valence-corrected chi connectivity index (χ3v) is 6.90. The van der Waals surface area contributed by atoms with E-state index in [1.807, 2.05) is 42.5 Å². The number of carbonyl (C=O) groups excluding carboxylic acids is 3. The summed E-state index contributed by atoms with van der Waals surface area (Å²) in [4.78, 5) is 46.0. The molecule has 2 saturated heterocycles. The highest BCUT2D eigenvalue weighted by Gasteiger charge is 2.38. The summed E-state index contributed by atoms with van der Waals surface area (Å²) in [5.41, 5.74) is 8.19. The number of piperidine rings is 1. The first-order valence-electron chi connectivity index (χ1n) is 12.0. The first kappa shape index (κ1) is 22.8. The van der Waals surface area contributed by atoms with Crippen LogP contribution >= 0.6 is 0 Å². The highest BCUT2D eigenvalue weighted by Crippen LogP contribution is 2.28. The number of benzene rings is 1. The largest absolute Gasteiger partial charge is 0.368 e. The lowest BCUT2D eigenvalue weighted by molar-refractivity contribution is -0.141. The van der Waals surface area contributed by atoms with Crippen LogP contribution in [0.2, 0.25) is 0 Å². The second-order valence-corrected chi connectivity index (χ2v) is 9.07. The van der Waals surface area contributed by atoms with Gasteiger partial charge in [-0.3, -0.25) is 19.4 Å². The van der Waals surface area contributed by atoms with Gasteiger partial charge in [0.2, 0.25) is 11.8 Å². The van der Waals surface area contributed by atoms with Crippen molar-refractivity contribution in [1.82, 2.24) is 24.6 Å². The van der Waals surface area contributed by atoms with Crippen molar-refractivity contribution < 1.29 is 14.4 Å². The average molecular weight is 473 g/mol. The first-order chi connectivity index (χ1) is 17.0. The molecule has 0 unspecified atom stereocenters. The fourth-order valence-electron chi connectivity index (χ4n) is 5.02. The lowest BCUT2D eigenvalue weighted by Crippen LogP contribution is -2.49.